The Balaban J connectivity index is 1.67. The van der Waals surface area contributed by atoms with E-state index in [4.69, 9.17) is 21.7 Å². The van der Waals surface area contributed by atoms with E-state index in [1.54, 1.807) is 19.2 Å². The molecule has 1 unspecified atom stereocenters. The van der Waals surface area contributed by atoms with Gasteiger partial charge in [-0.1, -0.05) is 0 Å². The zero-order chi connectivity index (χ0) is 18.5. The summed E-state index contributed by atoms with van der Waals surface area (Å²) in [4.78, 5) is 12.4. The topological polar surface area (TPSA) is 75.2 Å². The van der Waals surface area contributed by atoms with E-state index in [1.165, 1.54) is 0 Å². The number of hydrogen-bond donors (Lipinski definition) is 2. The van der Waals surface area contributed by atoms with Gasteiger partial charge in [0.2, 0.25) is 5.91 Å². The van der Waals surface area contributed by atoms with Gasteiger partial charge >= 0.3 is 0 Å². The highest BCUT2D eigenvalue weighted by Gasteiger charge is 2.35. The van der Waals surface area contributed by atoms with Crippen molar-refractivity contribution in [3.8, 4) is 11.5 Å². The van der Waals surface area contributed by atoms with Gasteiger partial charge in [-0.3, -0.25) is 4.79 Å². The predicted octanol–water partition coefficient (Wildman–Crippen LogP) is 1.51. The summed E-state index contributed by atoms with van der Waals surface area (Å²) in [5.74, 6) is 1.60. The van der Waals surface area contributed by atoms with E-state index in [-0.39, 0.29) is 11.8 Å². The third-order valence-corrected chi connectivity index (χ3v) is 4.88. The molecular formula is C18H24N4O3S. The Labute approximate surface area is 158 Å². The van der Waals surface area contributed by atoms with Crippen molar-refractivity contribution in [2.75, 3.05) is 33.9 Å². The molecule has 0 bridgehead atoms. The van der Waals surface area contributed by atoms with Crippen LogP contribution in [0.25, 0.3) is 0 Å². The molecule has 1 amide bonds. The Kier molecular flexibility index (Phi) is 5.92. The van der Waals surface area contributed by atoms with E-state index < -0.39 is 0 Å². The van der Waals surface area contributed by atoms with Crippen molar-refractivity contribution in [3.05, 3.63) is 23.8 Å². The Morgan fingerprint density at radius 1 is 1.46 bits per heavy atom. The second kappa shape index (κ2) is 8.35. The van der Waals surface area contributed by atoms with Crippen LogP contribution in [0.15, 0.2) is 23.3 Å². The van der Waals surface area contributed by atoms with Crippen molar-refractivity contribution in [3.63, 3.8) is 0 Å². The number of ether oxygens (including phenoxy) is 2. The van der Waals surface area contributed by atoms with Crippen LogP contribution in [0.4, 0.5) is 0 Å². The van der Waals surface area contributed by atoms with Crippen LogP contribution >= 0.6 is 12.2 Å². The average molecular weight is 376 g/mol. The molecule has 0 fully saturated rings. The second-order valence-electron chi connectivity index (χ2n) is 6.29. The first kappa shape index (κ1) is 18.4. The molecule has 1 aromatic carbocycles. The van der Waals surface area contributed by atoms with Crippen LogP contribution in [-0.4, -0.2) is 55.6 Å². The van der Waals surface area contributed by atoms with Crippen molar-refractivity contribution < 1.29 is 14.3 Å². The van der Waals surface area contributed by atoms with E-state index in [9.17, 15) is 4.79 Å². The molecule has 0 aromatic heterocycles. The summed E-state index contributed by atoms with van der Waals surface area (Å²) in [7, 11) is 3.42. The van der Waals surface area contributed by atoms with Crippen molar-refractivity contribution in [2.45, 2.75) is 19.3 Å². The van der Waals surface area contributed by atoms with E-state index in [2.05, 4.69) is 15.7 Å². The number of carbonyl (C=O) groups excluding carboxylic acids is 1. The summed E-state index contributed by atoms with van der Waals surface area (Å²) in [5, 5.41) is 12.9. The maximum atomic E-state index is 12.4. The maximum Gasteiger partial charge on any atom is 0.243 e. The van der Waals surface area contributed by atoms with E-state index >= 15 is 0 Å². The smallest absolute Gasteiger partial charge is 0.243 e. The van der Waals surface area contributed by atoms with Crippen LogP contribution in [0.5, 0.6) is 11.5 Å². The lowest BCUT2D eigenvalue weighted by Gasteiger charge is -2.33. The minimum absolute atomic E-state index is 0.00743. The minimum atomic E-state index is 0.00743. The first-order valence-electron chi connectivity index (χ1n) is 8.78. The van der Waals surface area contributed by atoms with Crippen molar-refractivity contribution in [1.29, 1.82) is 0 Å². The molecule has 0 saturated carbocycles. The zero-order valence-corrected chi connectivity index (χ0v) is 15.9. The standard InChI is InChI=1S/C18H24N4O3S/c1-19-18(26)20-7-3-4-8-22-16(23)9-12-11-25-15-6-5-13(24-2)10-14(15)17(12)21-22/h5-6,10,12H,3-4,7-9,11H2,1-2H3,(H2,19,20,26). The number of benzene rings is 1. The molecule has 2 aliphatic heterocycles. The fourth-order valence-electron chi connectivity index (χ4n) is 3.10. The number of nitrogens with zero attached hydrogens (tertiary/aromatic N) is 2. The molecule has 8 heteroatoms. The molecule has 7 nitrogen and oxygen atoms in total. The molecule has 3 rings (SSSR count). The molecule has 1 atom stereocenters. The normalized spacial score (nSPS) is 18.2. The van der Waals surface area contributed by atoms with Gasteiger partial charge in [-0.15, -0.1) is 0 Å². The Bertz CT molecular complexity index is 722. The lowest BCUT2D eigenvalue weighted by molar-refractivity contribution is -0.133. The summed E-state index contributed by atoms with van der Waals surface area (Å²) in [6.07, 6.45) is 2.19. The van der Waals surface area contributed by atoms with Gasteiger partial charge in [0.25, 0.3) is 0 Å². The van der Waals surface area contributed by atoms with Crippen molar-refractivity contribution >= 4 is 28.9 Å². The average Bonchev–Trinajstić information content (AvgIpc) is 2.67. The first-order valence-corrected chi connectivity index (χ1v) is 9.19. The predicted molar refractivity (Wildman–Crippen MR) is 104 cm³/mol. The van der Waals surface area contributed by atoms with Gasteiger partial charge < -0.3 is 20.1 Å². The fourth-order valence-corrected chi connectivity index (χ4v) is 3.20. The molecule has 2 aliphatic rings. The summed E-state index contributed by atoms with van der Waals surface area (Å²) in [5.41, 5.74) is 1.83. The number of carbonyl (C=O) groups is 1. The highest BCUT2D eigenvalue weighted by atomic mass is 32.1. The summed E-state index contributed by atoms with van der Waals surface area (Å²) in [6, 6.07) is 5.69. The van der Waals surface area contributed by atoms with Gasteiger partial charge in [0.1, 0.15) is 11.5 Å². The van der Waals surface area contributed by atoms with Crippen molar-refractivity contribution in [1.82, 2.24) is 15.6 Å². The van der Waals surface area contributed by atoms with Gasteiger partial charge in [0, 0.05) is 38.0 Å². The highest BCUT2D eigenvalue weighted by Crippen LogP contribution is 2.34. The molecule has 26 heavy (non-hydrogen) atoms. The number of amides is 1. The number of fused-ring (bicyclic) bond motifs is 3. The summed E-state index contributed by atoms with van der Waals surface area (Å²) in [6.45, 7) is 1.86. The molecule has 0 saturated heterocycles. The van der Waals surface area contributed by atoms with E-state index in [0.29, 0.717) is 24.7 Å². The van der Waals surface area contributed by atoms with Crippen molar-refractivity contribution in [2.24, 2.45) is 11.0 Å². The maximum absolute atomic E-state index is 12.4. The van der Waals surface area contributed by atoms with Crippen LogP contribution in [0.2, 0.25) is 0 Å². The number of hydrogen-bond acceptors (Lipinski definition) is 5. The highest BCUT2D eigenvalue weighted by molar-refractivity contribution is 7.80. The molecule has 0 aliphatic carbocycles. The molecule has 0 radical (unpaired) electrons. The van der Waals surface area contributed by atoms with E-state index in [0.717, 1.165) is 42.2 Å². The number of nitrogens with one attached hydrogen (secondary N) is 2. The Morgan fingerprint density at radius 3 is 3.08 bits per heavy atom. The van der Waals surface area contributed by atoms with Crippen LogP contribution < -0.4 is 20.1 Å². The second-order valence-corrected chi connectivity index (χ2v) is 6.70. The van der Waals surface area contributed by atoms with Crippen LogP contribution in [0.3, 0.4) is 0 Å². The molecule has 140 valence electrons. The molecule has 0 spiro atoms. The van der Waals surface area contributed by atoms with Gasteiger partial charge in [-0.2, -0.15) is 5.10 Å². The lowest BCUT2D eigenvalue weighted by Crippen LogP contribution is -2.42. The monoisotopic (exact) mass is 376 g/mol. The lowest BCUT2D eigenvalue weighted by atomic mass is 9.90. The third-order valence-electron chi connectivity index (χ3n) is 4.54. The summed E-state index contributed by atoms with van der Waals surface area (Å²) >= 11 is 5.04. The van der Waals surface area contributed by atoms with Crippen LogP contribution in [-0.2, 0) is 4.79 Å². The number of hydrazone groups is 1. The molecule has 1 aromatic rings. The SMILES string of the molecule is CNC(=S)NCCCCN1N=C2c3cc(OC)ccc3OCC2CC1=O. The number of methoxy groups -OCH3 is 1. The molecule has 2 heterocycles. The molecular weight excluding hydrogens is 352 g/mol. The Morgan fingerprint density at radius 2 is 2.31 bits per heavy atom. The number of rotatable bonds is 6. The van der Waals surface area contributed by atoms with Gasteiger partial charge in [0.15, 0.2) is 5.11 Å². The number of thiocarbonyl (C=S) groups is 1. The van der Waals surface area contributed by atoms with Gasteiger partial charge in [0.05, 0.1) is 19.4 Å². The molecule has 2 N–H and O–H groups in total. The van der Waals surface area contributed by atoms with Crippen LogP contribution in [0.1, 0.15) is 24.8 Å². The summed E-state index contributed by atoms with van der Waals surface area (Å²) < 4.78 is 11.1. The van der Waals surface area contributed by atoms with E-state index in [1.807, 2.05) is 18.2 Å². The first-order chi connectivity index (χ1) is 12.6. The van der Waals surface area contributed by atoms with Crippen LogP contribution in [0, 0.1) is 5.92 Å². The fraction of sp³-hybridized carbons (Fsp3) is 0.500. The zero-order valence-electron chi connectivity index (χ0n) is 15.1. The quantitative estimate of drug-likeness (QED) is 0.579. The minimum Gasteiger partial charge on any atom is -0.497 e. The van der Waals surface area contributed by atoms with Gasteiger partial charge in [-0.05, 0) is 43.3 Å². The Hall–Kier alpha value is -2.35. The van der Waals surface area contributed by atoms with Gasteiger partial charge in [-0.25, -0.2) is 5.01 Å². The number of unbranched alkanes of at least 4 members (excludes halogenated alkanes) is 1. The largest absolute Gasteiger partial charge is 0.497 e. The third kappa shape index (κ3) is 4.07.